The fraction of sp³-hybridized carbons (Fsp3) is 0.300. The highest BCUT2D eigenvalue weighted by molar-refractivity contribution is 5.84. The summed E-state index contributed by atoms with van der Waals surface area (Å²) in [6, 6.07) is 8.26. The molecule has 0 saturated heterocycles. The van der Waals surface area contributed by atoms with E-state index in [1.54, 1.807) is 37.3 Å². The number of halogens is 1. The van der Waals surface area contributed by atoms with Gasteiger partial charge in [-0.05, 0) is 12.0 Å². The van der Waals surface area contributed by atoms with Gasteiger partial charge < -0.3 is 5.73 Å². The van der Waals surface area contributed by atoms with Gasteiger partial charge in [-0.25, -0.2) is 4.39 Å². The predicted molar refractivity (Wildman–Crippen MR) is 48.7 cm³/mol. The highest BCUT2D eigenvalue weighted by Crippen LogP contribution is 2.28. The Morgan fingerprint density at radius 1 is 1.46 bits per heavy atom. The van der Waals surface area contributed by atoms with E-state index in [2.05, 4.69) is 0 Å². The third-order valence-electron chi connectivity index (χ3n) is 2.11. The molecule has 0 heterocycles. The molecule has 70 valence electrons. The van der Waals surface area contributed by atoms with Gasteiger partial charge in [0.05, 0.1) is 0 Å². The van der Waals surface area contributed by atoms with Crippen molar-refractivity contribution in [1.82, 2.24) is 0 Å². The first-order chi connectivity index (χ1) is 6.11. The number of alkyl halides is 1. The van der Waals surface area contributed by atoms with Crippen molar-refractivity contribution in [2.75, 3.05) is 0 Å². The minimum atomic E-state index is -2.03. The molecule has 1 aromatic rings. The first kappa shape index (κ1) is 9.71. The lowest BCUT2D eigenvalue weighted by atomic mass is 9.92. The van der Waals surface area contributed by atoms with E-state index in [9.17, 15) is 9.18 Å². The molecule has 0 spiro atoms. The number of primary amides is 1. The molecule has 1 atom stereocenters. The number of hydrogen-bond acceptors (Lipinski definition) is 1. The Balaban J connectivity index is 3.11. The molecule has 0 saturated carbocycles. The molecule has 1 unspecified atom stereocenters. The number of carbonyl (C=O) groups is 1. The van der Waals surface area contributed by atoms with E-state index in [4.69, 9.17) is 5.73 Å². The maximum absolute atomic E-state index is 13.9. The summed E-state index contributed by atoms with van der Waals surface area (Å²) in [7, 11) is 0. The Morgan fingerprint density at radius 2 is 2.00 bits per heavy atom. The highest BCUT2D eigenvalue weighted by atomic mass is 19.1. The number of carbonyl (C=O) groups excluding carboxylic acids is 1. The molecule has 0 aliphatic rings. The van der Waals surface area contributed by atoms with Gasteiger partial charge in [0.1, 0.15) is 0 Å². The molecule has 2 nitrogen and oxygen atoms in total. The third kappa shape index (κ3) is 1.69. The van der Waals surface area contributed by atoms with Gasteiger partial charge in [-0.2, -0.15) is 0 Å². The zero-order valence-corrected chi connectivity index (χ0v) is 7.46. The second-order valence-electron chi connectivity index (χ2n) is 2.88. The van der Waals surface area contributed by atoms with Gasteiger partial charge in [0.15, 0.2) is 0 Å². The van der Waals surface area contributed by atoms with Crippen LogP contribution in [0.15, 0.2) is 30.3 Å². The van der Waals surface area contributed by atoms with E-state index >= 15 is 0 Å². The van der Waals surface area contributed by atoms with E-state index in [0.29, 0.717) is 5.56 Å². The molecule has 0 aromatic heterocycles. The summed E-state index contributed by atoms with van der Waals surface area (Å²) in [5.74, 6) is -0.929. The van der Waals surface area contributed by atoms with E-state index in [1.165, 1.54) is 0 Å². The quantitative estimate of drug-likeness (QED) is 0.758. The van der Waals surface area contributed by atoms with Crippen LogP contribution in [0.25, 0.3) is 0 Å². The van der Waals surface area contributed by atoms with Crippen molar-refractivity contribution >= 4 is 5.91 Å². The van der Waals surface area contributed by atoms with E-state index in [1.807, 2.05) is 0 Å². The Bertz CT molecular complexity index is 299. The molecule has 1 amide bonds. The van der Waals surface area contributed by atoms with Crippen LogP contribution >= 0.6 is 0 Å². The number of hydrogen-bond donors (Lipinski definition) is 1. The minimum Gasteiger partial charge on any atom is -0.367 e. The maximum atomic E-state index is 13.9. The summed E-state index contributed by atoms with van der Waals surface area (Å²) < 4.78 is 13.9. The molecular weight excluding hydrogens is 169 g/mol. The van der Waals surface area contributed by atoms with Crippen LogP contribution in [0.5, 0.6) is 0 Å². The van der Waals surface area contributed by atoms with Crippen molar-refractivity contribution in [3.63, 3.8) is 0 Å². The van der Waals surface area contributed by atoms with Crippen molar-refractivity contribution < 1.29 is 9.18 Å². The van der Waals surface area contributed by atoms with E-state index in [0.717, 1.165) is 0 Å². The van der Waals surface area contributed by atoms with Gasteiger partial charge >= 0.3 is 0 Å². The average molecular weight is 181 g/mol. The summed E-state index contributed by atoms with van der Waals surface area (Å²) >= 11 is 0. The molecule has 13 heavy (non-hydrogen) atoms. The Labute approximate surface area is 76.6 Å². The van der Waals surface area contributed by atoms with Crippen molar-refractivity contribution in [3.05, 3.63) is 35.9 Å². The fourth-order valence-electron chi connectivity index (χ4n) is 1.22. The van der Waals surface area contributed by atoms with Gasteiger partial charge in [0.2, 0.25) is 5.67 Å². The van der Waals surface area contributed by atoms with Crippen LogP contribution in [0.3, 0.4) is 0 Å². The molecule has 1 aromatic carbocycles. The lowest BCUT2D eigenvalue weighted by molar-refractivity contribution is -0.130. The topological polar surface area (TPSA) is 43.1 Å². The van der Waals surface area contributed by atoms with E-state index < -0.39 is 11.6 Å². The number of rotatable bonds is 3. The first-order valence-electron chi connectivity index (χ1n) is 4.15. The van der Waals surface area contributed by atoms with Crippen molar-refractivity contribution in [2.45, 2.75) is 19.0 Å². The Kier molecular flexibility index (Phi) is 2.66. The van der Waals surface area contributed by atoms with Gasteiger partial charge in [0, 0.05) is 0 Å². The van der Waals surface area contributed by atoms with Crippen molar-refractivity contribution in [3.8, 4) is 0 Å². The lowest BCUT2D eigenvalue weighted by Gasteiger charge is -2.19. The molecule has 0 fully saturated rings. The van der Waals surface area contributed by atoms with Crippen LogP contribution in [-0.4, -0.2) is 5.91 Å². The fourth-order valence-corrected chi connectivity index (χ4v) is 1.22. The summed E-state index contributed by atoms with van der Waals surface area (Å²) in [6.07, 6.45) is 0.0619. The predicted octanol–water partition coefficient (Wildman–Crippen LogP) is 1.75. The zero-order valence-electron chi connectivity index (χ0n) is 7.46. The largest absolute Gasteiger partial charge is 0.367 e. The Hall–Kier alpha value is -1.38. The summed E-state index contributed by atoms with van der Waals surface area (Å²) in [5.41, 5.74) is 3.30. The molecule has 0 aliphatic heterocycles. The standard InChI is InChI=1S/C10H12FNO/c1-2-10(11,9(12)13)8-6-4-3-5-7-8/h3-7H,2H2,1H3,(H2,12,13). The van der Waals surface area contributed by atoms with Crippen LogP contribution in [-0.2, 0) is 10.5 Å². The molecular formula is C10H12FNO. The summed E-state index contributed by atoms with van der Waals surface area (Å²) in [6.45, 7) is 1.60. The smallest absolute Gasteiger partial charge is 0.259 e. The highest BCUT2D eigenvalue weighted by Gasteiger charge is 2.36. The maximum Gasteiger partial charge on any atom is 0.259 e. The van der Waals surface area contributed by atoms with Gasteiger partial charge in [-0.15, -0.1) is 0 Å². The Morgan fingerprint density at radius 3 is 2.38 bits per heavy atom. The molecule has 0 radical (unpaired) electrons. The monoisotopic (exact) mass is 181 g/mol. The van der Waals surface area contributed by atoms with Crippen molar-refractivity contribution in [1.29, 1.82) is 0 Å². The summed E-state index contributed by atoms with van der Waals surface area (Å²) in [4.78, 5) is 10.9. The van der Waals surface area contributed by atoms with Gasteiger partial charge in [-0.1, -0.05) is 37.3 Å². The zero-order chi connectivity index (χ0) is 9.90. The number of amides is 1. The van der Waals surface area contributed by atoms with E-state index in [-0.39, 0.29) is 6.42 Å². The lowest BCUT2D eigenvalue weighted by Crippen LogP contribution is -2.36. The number of benzene rings is 1. The average Bonchev–Trinajstić information content (AvgIpc) is 2.17. The second kappa shape index (κ2) is 3.56. The van der Waals surface area contributed by atoms with Gasteiger partial charge in [-0.3, -0.25) is 4.79 Å². The van der Waals surface area contributed by atoms with Crippen LogP contribution < -0.4 is 5.73 Å². The van der Waals surface area contributed by atoms with Crippen LogP contribution in [0.1, 0.15) is 18.9 Å². The van der Waals surface area contributed by atoms with Crippen LogP contribution in [0.4, 0.5) is 4.39 Å². The molecule has 2 N–H and O–H groups in total. The summed E-state index contributed by atoms with van der Waals surface area (Å²) in [5, 5.41) is 0. The molecule has 3 heteroatoms. The van der Waals surface area contributed by atoms with Crippen LogP contribution in [0, 0.1) is 0 Å². The second-order valence-corrected chi connectivity index (χ2v) is 2.88. The molecule has 0 aliphatic carbocycles. The SMILES string of the molecule is CCC(F)(C(N)=O)c1ccccc1. The minimum absolute atomic E-state index is 0.0619. The van der Waals surface area contributed by atoms with Crippen molar-refractivity contribution in [2.24, 2.45) is 5.73 Å². The molecule has 0 bridgehead atoms. The third-order valence-corrected chi connectivity index (χ3v) is 2.11. The normalized spacial score (nSPS) is 14.9. The van der Waals surface area contributed by atoms with Gasteiger partial charge in [0.25, 0.3) is 5.91 Å². The van der Waals surface area contributed by atoms with Crippen LogP contribution in [0.2, 0.25) is 0 Å². The number of nitrogens with two attached hydrogens (primary N) is 1. The molecule has 1 rings (SSSR count). The first-order valence-corrected chi connectivity index (χ1v) is 4.15.